The summed E-state index contributed by atoms with van der Waals surface area (Å²) in [6, 6.07) is 0. The molecule has 0 aliphatic carbocycles. The Labute approximate surface area is 232 Å². The van der Waals surface area contributed by atoms with Gasteiger partial charge in [0.25, 0.3) is 0 Å². The molecule has 0 bridgehead atoms. The van der Waals surface area contributed by atoms with Crippen molar-refractivity contribution in [3.05, 3.63) is 22.3 Å². The Hall–Kier alpha value is 2.57. The van der Waals surface area contributed by atoms with Gasteiger partial charge in [-0.3, -0.25) is 0 Å². The van der Waals surface area contributed by atoms with Crippen LogP contribution in [0.15, 0.2) is 0 Å². The number of benzene rings is 1. The third-order valence-corrected chi connectivity index (χ3v) is 28.1. The van der Waals surface area contributed by atoms with Gasteiger partial charge < -0.3 is 0 Å². The summed E-state index contributed by atoms with van der Waals surface area (Å²) in [5, 5.41) is 6.24. The van der Waals surface area contributed by atoms with Gasteiger partial charge in [0.2, 0.25) is 0 Å². The molecule has 1 heterocycles. The second-order valence-corrected chi connectivity index (χ2v) is 41.0. The fourth-order valence-electron chi connectivity index (χ4n) is 4.75. The number of hydrogen-bond acceptors (Lipinski definition) is 0. The van der Waals surface area contributed by atoms with Gasteiger partial charge in [0.15, 0.2) is 0 Å². The van der Waals surface area contributed by atoms with Gasteiger partial charge in [-0.15, -0.1) is 0 Å². The van der Waals surface area contributed by atoms with Gasteiger partial charge in [-0.25, -0.2) is 0 Å². The van der Waals surface area contributed by atoms with Gasteiger partial charge in [-0.05, 0) is 0 Å². The van der Waals surface area contributed by atoms with E-state index in [1.807, 2.05) is 31.0 Å². The van der Waals surface area contributed by atoms with E-state index in [1.54, 1.807) is 20.8 Å². The van der Waals surface area contributed by atoms with Crippen LogP contribution >= 0.6 is 0 Å². The van der Waals surface area contributed by atoms with Crippen LogP contribution in [0.25, 0.3) is 0 Å². The van der Waals surface area contributed by atoms with Crippen LogP contribution in [-0.2, 0) is 25.7 Å². The summed E-state index contributed by atoms with van der Waals surface area (Å²) in [4.78, 5) is 0. The predicted molar refractivity (Wildman–Crippen MR) is 162 cm³/mol. The molecular weight excluding hydrogens is 762 g/mol. The molecule has 0 amide bonds. The normalized spacial score (nSPS) is 15.0. The van der Waals surface area contributed by atoms with Crippen molar-refractivity contribution in [1.29, 1.82) is 0 Å². The Morgan fingerprint density at radius 3 is 0.875 bits per heavy atom. The van der Waals surface area contributed by atoms with Crippen LogP contribution in [0.3, 0.4) is 0 Å². The first-order chi connectivity index (χ1) is 15.2. The third-order valence-electron chi connectivity index (χ3n) is 6.39. The number of hydrogen-bond donors (Lipinski definition) is 0. The molecule has 0 aromatic heterocycles. The molecule has 6 heteroatoms. The van der Waals surface area contributed by atoms with Crippen LogP contribution < -0.4 is 8.70 Å². The van der Waals surface area contributed by atoms with Crippen LogP contribution in [0, 0.1) is 0 Å². The summed E-state index contributed by atoms with van der Waals surface area (Å²) in [5.41, 5.74) is 28.3. The summed E-state index contributed by atoms with van der Waals surface area (Å²) in [6.07, 6.45) is 11.7. The molecule has 1 aromatic carbocycles. The first kappa shape index (κ1) is 30.8. The van der Waals surface area contributed by atoms with E-state index in [0.29, 0.717) is 27.4 Å². The Morgan fingerprint density at radius 2 is 0.656 bits per heavy atom. The zero-order valence-corrected chi connectivity index (χ0v) is 34.0. The molecule has 184 valence electrons. The van der Waals surface area contributed by atoms with Gasteiger partial charge in [-0.1, -0.05) is 0 Å². The average molecular weight is 812 g/mol. The van der Waals surface area contributed by atoms with Crippen molar-refractivity contribution < 1.29 is 0 Å². The average Bonchev–Trinajstić information content (AvgIpc) is 2.65. The van der Waals surface area contributed by atoms with Crippen molar-refractivity contribution in [3.63, 3.8) is 0 Å². The van der Waals surface area contributed by atoms with Crippen LogP contribution in [0.2, 0.25) is 66.5 Å². The topological polar surface area (TPSA) is 0 Å². The fraction of sp³-hybridized carbons (Fsp3) is 0.769. The Bertz CT molecular complexity index is 637. The van der Waals surface area contributed by atoms with E-state index < -0.39 is 58.6 Å². The minimum atomic E-state index is -0.499. The number of rotatable bonds is 16. The molecule has 2 unspecified atom stereocenters. The van der Waals surface area contributed by atoms with E-state index >= 15 is 0 Å². The molecule has 1 aliphatic heterocycles. The molecule has 0 saturated heterocycles. The monoisotopic (exact) mass is 812 g/mol. The molecule has 1 aromatic rings. The van der Waals surface area contributed by atoms with Crippen molar-refractivity contribution in [1.82, 2.24) is 0 Å². The fourth-order valence-corrected chi connectivity index (χ4v) is 22.0. The second-order valence-electron chi connectivity index (χ2n) is 10.5. The van der Waals surface area contributed by atoms with Crippen LogP contribution in [0.4, 0.5) is 0 Å². The summed E-state index contributed by atoms with van der Waals surface area (Å²) >= 11 is -1.35. The second kappa shape index (κ2) is 16.4. The van der Waals surface area contributed by atoms with E-state index in [0.717, 1.165) is 0 Å². The van der Waals surface area contributed by atoms with Crippen molar-refractivity contribution in [3.8, 4) is 0 Å². The SMILES string of the molecule is C[As](C)CCCc1c(CCC[As](C)C)c(CCC[As](C)C)c2c(c1CCC[As](C)C)[AsH][AsH]2. The van der Waals surface area contributed by atoms with Gasteiger partial charge in [-0.2, -0.15) is 0 Å². The van der Waals surface area contributed by atoms with E-state index in [4.69, 9.17) is 0 Å². The zero-order valence-electron chi connectivity index (χ0n) is 22.3. The van der Waals surface area contributed by atoms with Gasteiger partial charge in [0, 0.05) is 0 Å². The summed E-state index contributed by atoms with van der Waals surface area (Å²) in [5.74, 6) is 0. The molecule has 2 rings (SSSR count). The Kier molecular flexibility index (Phi) is 15.8. The molecule has 0 spiro atoms. The van der Waals surface area contributed by atoms with E-state index in [1.165, 1.54) is 51.4 Å². The van der Waals surface area contributed by atoms with Crippen LogP contribution in [-0.4, -0.2) is 86.0 Å². The van der Waals surface area contributed by atoms with Crippen LogP contribution in [0.1, 0.15) is 47.9 Å². The first-order valence-corrected chi connectivity index (χ1v) is 41.4. The third kappa shape index (κ3) is 10.5. The molecule has 0 fully saturated rings. The molecular formula is C26H50As6. The zero-order chi connectivity index (χ0) is 23.7. The van der Waals surface area contributed by atoms with Crippen molar-refractivity contribution in [2.24, 2.45) is 0 Å². The molecule has 0 N–H and O–H groups in total. The van der Waals surface area contributed by atoms with Crippen LogP contribution in [0.5, 0.6) is 0 Å². The molecule has 2 atom stereocenters. The van der Waals surface area contributed by atoms with Crippen molar-refractivity contribution >= 4 is 94.7 Å². The van der Waals surface area contributed by atoms with Gasteiger partial charge in [0.05, 0.1) is 0 Å². The quantitative estimate of drug-likeness (QED) is 0.194. The van der Waals surface area contributed by atoms with E-state index in [2.05, 4.69) is 45.7 Å². The molecule has 0 saturated carbocycles. The standard InChI is InChI=1S/C26H50As6/c1-29(2)17-9-13-21-22(14-10-18-30(3)4)24(16-12-20-32(7)8)26-25(27-28-26)23(21)15-11-19-31(5)6/h27-28H,9-20H2,1-8H3. The van der Waals surface area contributed by atoms with Crippen molar-refractivity contribution in [2.45, 2.75) is 118 Å². The maximum atomic E-state index is 2.56. The van der Waals surface area contributed by atoms with Crippen molar-refractivity contribution in [2.75, 3.05) is 0 Å². The maximum absolute atomic E-state index is 2.56. The predicted octanol–water partition coefficient (Wildman–Crippen LogP) is 5.49. The molecule has 32 heavy (non-hydrogen) atoms. The summed E-state index contributed by atoms with van der Waals surface area (Å²) in [7, 11) is 0. The molecule has 0 nitrogen and oxygen atoms in total. The summed E-state index contributed by atoms with van der Waals surface area (Å²) < 4.78 is 4.07. The summed E-state index contributed by atoms with van der Waals surface area (Å²) in [6.45, 7) is 0. The molecule has 0 radical (unpaired) electrons. The van der Waals surface area contributed by atoms with E-state index in [9.17, 15) is 0 Å². The first-order valence-electron chi connectivity index (χ1n) is 12.5. The number of fused-ring (bicyclic) bond motifs is 1. The molecule has 1 aliphatic rings. The van der Waals surface area contributed by atoms with Gasteiger partial charge >= 0.3 is 235 Å². The Balaban J connectivity index is 2.40. The minimum absolute atomic E-state index is 0.305. The van der Waals surface area contributed by atoms with E-state index in [-0.39, 0.29) is 0 Å². The Morgan fingerprint density at radius 1 is 0.406 bits per heavy atom. The van der Waals surface area contributed by atoms with Gasteiger partial charge in [0.1, 0.15) is 0 Å².